The molecule has 0 atom stereocenters. The highest BCUT2D eigenvalue weighted by atomic mass is 35.9. The van der Waals surface area contributed by atoms with E-state index in [4.69, 9.17) is 54.0 Å². The molecular weight excluding hydrogens is 521 g/mol. The summed E-state index contributed by atoms with van der Waals surface area (Å²) in [6.07, 6.45) is 0. The number of nitrogens with one attached hydrogen (secondary N) is 2. The van der Waals surface area contributed by atoms with E-state index in [0.29, 0.717) is 0 Å². The summed E-state index contributed by atoms with van der Waals surface area (Å²) < 4.78 is 13.5. The van der Waals surface area contributed by atoms with Crippen LogP contribution < -0.4 is 10.2 Å². The van der Waals surface area contributed by atoms with Crippen molar-refractivity contribution in [3.63, 3.8) is 0 Å². The van der Waals surface area contributed by atoms with Crippen molar-refractivity contribution in [1.82, 2.24) is 0 Å². The second kappa shape index (κ2) is 8.68. The van der Waals surface area contributed by atoms with Crippen LogP contribution in [0.25, 0.3) is 0 Å². The van der Waals surface area contributed by atoms with Gasteiger partial charge in [-0.05, 0) is 109 Å². The Labute approximate surface area is 197 Å². The number of aryl methyl sites for hydroxylation is 6. The van der Waals surface area contributed by atoms with Gasteiger partial charge < -0.3 is 10.2 Å². The zero-order valence-corrected chi connectivity index (χ0v) is 23.2. The molecule has 2 aromatic carbocycles. The highest BCUT2D eigenvalue weighted by molar-refractivity contribution is 8.21. The summed E-state index contributed by atoms with van der Waals surface area (Å²) >= 11 is 25.9. The molecular formula is C18H24Cl4N5P3. The molecule has 1 aliphatic heterocycles. The van der Waals surface area contributed by atoms with Gasteiger partial charge >= 0.3 is 0 Å². The number of anilines is 2. The lowest BCUT2D eigenvalue weighted by molar-refractivity contribution is 1.31. The molecule has 0 aromatic heterocycles. The summed E-state index contributed by atoms with van der Waals surface area (Å²) in [5.41, 5.74) is 8.36. The zero-order valence-electron chi connectivity index (χ0n) is 17.5. The SMILES string of the molecule is Cc1cc(C)c(NP2(Nc3c(C)cc(C)cc3C)=NP(Cl)(Cl)=NP(Cl)(Cl)=N2)c(C)c1. The number of benzene rings is 2. The number of rotatable bonds is 4. The van der Waals surface area contributed by atoms with Crippen molar-refractivity contribution in [3.8, 4) is 0 Å². The third-order valence-electron chi connectivity index (χ3n) is 4.58. The molecule has 0 saturated heterocycles. The quantitative estimate of drug-likeness (QED) is 0.376. The van der Waals surface area contributed by atoms with Gasteiger partial charge in [-0.15, -0.1) is 0 Å². The first-order valence-electron chi connectivity index (χ1n) is 9.13. The smallest absolute Gasteiger partial charge is 0.266 e. The summed E-state index contributed by atoms with van der Waals surface area (Å²) in [6, 6.07) is 8.37. The van der Waals surface area contributed by atoms with Crippen molar-refractivity contribution < 1.29 is 0 Å². The van der Waals surface area contributed by atoms with E-state index in [1.807, 2.05) is 27.7 Å². The van der Waals surface area contributed by atoms with E-state index < -0.39 is 19.3 Å². The molecule has 0 bridgehead atoms. The molecule has 2 aromatic rings. The van der Waals surface area contributed by atoms with Crippen LogP contribution in [0.5, 0.6) is 0 Å². The highest BCUT2D eigenvalue weighted by Gasteiger charge is 2.35. The van der Waals surface area contributed by atoms with E-state index in [1.165, 1.54) is 11.1 Å². The van der Waals surface area contributed by atoms with Gasteiger partial charge in [0, 0.05) is 11.4 Å². The van der Waals surface area contributed by atoms with Crippen molar-refractivity contribution in [2.45, 2.75) is 41.5 Å². The van der Waals surface area contributed by atoms with Crippen LogP contribution in [-0.4, -0.2) is 0 Å². The first-order valence-corrected chi connectivity index (χ1v) is 17.8. The predicted octanol–water partition coefficient (Wildman–Crippen LogP) is 10.9. The van der Waals surface area contributed by atoms with Crippen LogP contribution in [-0.2, 0) is 0 Å². The molecule has 30 heavy (non-hydrogen) atoms. The first-order chi connectivity index (χ1) is 13.7. The van der Waals surface area contributed by atoms with E-state index in [0.717, 1.165) is 33.6 Å². The Morgan fingerprint density at radius 1 is 0.567 bits per heavy atom. The number of hydrogen-bond acceptors (Lipinski definition) is 5. The number of nitrogens with zero attached hydrogens (tertiary/aromatic N) is 3. The van der Waals surface area contributed by atoms with E-state index in [1.54, 1.807) is 0 Å². The molecule has 0 radical (unpaired) electrons. The number of hydrogen-bond donors (Lipinski definition) is 2. The fourth-order valence-corrected chi connectivity index (χ4v) is 19.0. The van der Waals surface area contributed by atoms with Gasteiger partial charge in [-0.1, -0.05) is 35.4 Å². The van der Waals surface area contributed by atoms with Gasteiger partial charge in [0.05, 0.1) is 0 Å². The van der Waals surface area contributed by atoms with Crippen LogP contribution in [0.15, 0.2) is 37.8 Å². The molecule has 2 N–H and O–H groups in total. The largest absolute Gasteiger partial charge is 0.318 e. The molecule has 3 rings (SSSR count). The molecule has 0 amide bonds. The van der Waals surface area contributed by atoms with Crippen molar-refractivity contribution in [1.29, 1.82) is 0 Å². The molecule has 1 heterocycles. The van der Waals surface area contributed by atoms with Gasteiger partial charge in [-0.2, -0.15) is 13.5 Å². The molecule has 0 spiro atoms. The van der Waals surface area contributed by atoms with E-state index in [2.05, 4.69) is 52.8 Å². The minimum atomic E-state index is -3.12. The normalized spacial score (nSPS) is 18.6. The van der Waals surface area contributed by atoms with Gasteiger partial charge in [0.2, 0.25) is 0 Å². The summed E-state index contributed by atoms with van der Waals surface area (Å²) in [6.45, 7) is 12.2. The summed E-state index contributed by atoms with van der Waals surface area (Å²) in [4.78, 5) is 0. The molecule has 164 valence electrons. The summed E-state index contributed by atoms with van der Waals surface area (Å²) in [7, 11) is -2.99. The topological polar surface area (TPSA) is 61.1 Å². The Balaban J connectivity index is 2.27. The minimum Gasteiger partial charge on any atom is -0.318 e. The Hall–Kier alpha value is -0.110. The Morgan fingerprint density at radius 3 is 1.23 bits per heavy atom. The minimum absolute atomic E-state index is 0.903. The highest BCUT2D eigenvalue weighted by Crippen LogP contribution is 2.84. The lowest BCUT2D eigenvalue weighted by Crippen LogP contribution is -2.09. The number of halogens is 4. The zero-order chi connectivity index (χ0) is 22.5. The third-order valence-corrected chi connectivity index (χ3v) is 16.0. The van der Waals surface area contributed by atoms with Crippen molar-refractivity contribution in [2.24, 2.45) is 13.5 Å². The second-order valence-electron chi connectivity index (χ2n) is 7.55. The van der Waals surface area contributed by atoms with Crippen molar-refractivity contribution >= 4 is 75.7 Å². The van der Waals surface area contributed by atoms with Crippen molar-refractivity contribution in [3.05, 3.63) is 57.6 Å². The average Bonchev–Trinajstić information content (AvgIpc) is 2.51. The van der Waals surface area contributed by atoms with Gasteiger partial charge in [-0.3, -0.25) is 0 Å². The van der Waals surface area contributed by atoms with Crippen molar-refractivity contribution in [2.75, 3.05) is 10.2 Å². The molecule has 5 nitrogen and oxygen atoms in total. The predicted molar refractivity (Wildman–Crippen MR) is 140 cm³/mol. The fourth-order valence-electron chi connectivity index (χ4n) is 3.64. The van der Waals surface area contributed by atoms with Gasteiger partial charge in [0.15, 0.2) is 0 Å². The first kappa shape index (κ1) is 24.5. The van der Waals surface area contributed by atoms with Crippen LogP contribution in [0.4, 0.5) is 11.4 Å². The van der Waals surface area contributed by atoms with Crippen LogP contribution >= 0.6 is 64.3 Å². The Kier molecular flexibility index (Phi) is 7.10. The van der Waals surface area contributed by atoms with Gasteiger partial charge in [-0.25, -0.2) is 0 Å². The third kappa shape index (κ3) is 5.62. The molecule has 0 fully saturated rings. The summed E-state index contributed by atoms with van der Waals surface area (Å²) in [5.74, 6) is -6.25. The maximum Gasteiger partial charge on any atom is 0.266 e. The van der Waals surface area contributed by atoms with Gasteiger partial charge in [0.25, 0.3) is 19.3 Å². The van der Waals surface area contributed by atoms with Crippen LogP contribution in [0.1, 0.15) is 33.4 Å². The maximum atomic E-state index is 6.47. The molecule has 12 heteroatoms. The van der Waals surface area contributed by atoms with Gasteiger partial charge in [0.1, 0.15) is 0 Å². The van der Waals surface area contributed by atoms with Crippen LogP contribution in [0.3, 0.4) is 0 Å². The van der Waals surface area contributed by atoms with Crippen LogP contribution in [0.2, 0.25) is 0 Å². The molecule has 1 aliphatic rings. The van der Waals surface area contributed by atoms with Crippen LogP contribution in [0, 0.1) is 41.5 Å². The molecule has 0 aliphatic carbocycles. The monoisotopic (exact) mass is 543 g/mol. The standard InChI is InChI=1S/C18H24Cl4N5P3/c1-11-7-13(3)17(14(4)8-11)23-30(26-28(19,20)25-29(21,22)27-30)24-18-15(5)9-12(2)10-16(18)6/h7-10,23-24H,1-6H3. The average molecular weight is 545 g/mol. The lowest BCUT2D eigenvalue weighted by atomic mass is 10.1. The summed E-state index contributed by atoms with van der Waals surface area (Å²) in [5, 5.41) is 7.02. The van der Waals surface area contributed by atoms with E-state index >= 15 is 0 Å². The Bertz CT molecular complexity index is 1080. The van der Waals surface area contributed by atoms with E-state index in [-0.39, 0.29) is 0 Å². The van der Waals surface area contributed by atoms with E-state index in [9.17, 15) is 0 Å². The molecule has 0 saturated carbocycles. The lowest BCUT2D eigenvalue weighted by Gasteiger charge is -2.31. The fraction of sp³-hybridized carbons (Fsp3) is 0.333. The second-order valence-corrected chi connectivity index (χ2v) is 19.9. The maximum absolute atomic E-state index is 6.47. The molecule has 0 unspecified atom stereocenters. The Morgan fingerprint density at radius 2 is 0.900 bits per heavy atom.